The monoisotopic (exact) mass is 864 g/mol. The molecule has 2 N–H and O–H groups in total. The highest BCUT2D eigenvalue weighted by molar-refractivity contribution is 7.47. The van der Waals surface area contributed by atoms with Crippen LogP contribution in [0.15, 0.2) is 39.5 Å². The Labute approximate surface area is 360 Å². The van der Waals surface area contributed by atoms with Crippen LogP contribution in [0.1, 0.15) is 204 Å². The number of nitrogens with one attached hydrogen (secondary N) is 1. The number of fused-ring (bicyclic) bond motifs is 1. The Morgan fingerprint density at radius 2 is 1.12 bits per heavy atom. The number of carbonyl (C=O) groups is 3. The number of rotatable bonds is 39. The predicted octanol–water partition coefficient (Wildman–Crippen LogP) is 12.1. The molecule has 1 amide bonds. The second kappa shape index (κ2) is 34.5. The molecule has 0 radical (unpaired) electrons. The highest BCUT2D eigenvalue weighted by Gasteiger charge is 2.26. The second-order valence-corrected chi connectivity index (χ2v) is 17.6. The molecule has 12 nitrogen and oxygen atoms in total. The number of esters is 2. The summed E-state index contributed by atoms with van der Waals surface area (Å²) >= 11 is 0. The molecule has 0 aliphatic carbocycles. The molecule has 1 unspecified atom stereocenters. The van der Waals surface area contributed by atoms with Crippen LogP contribution in [0.3, 0.4) is 0 Å². The van der Waals surface area contributed by atoms with Gasteiger partial charge in [-0.3, -0.25) is 23.4 Å². The van der Waals surface area contributed by atoms with E-state index in [4.69, 9.17) is 22.9 Å². The molecule has 0 fully saturated rings. The van der Waals surface area contributed by atoms with E-state index in [1.54, 1.807) is 24.3 Å². The van der Waals surface area contributed by atoms with Gasteiger partial charge in [0.1, 0.15) is 17.8 Å². The van der Waals surface area contributed by atoms with Gasteiger partial charge in [-0.2, -0.15) is 0 Å². The highest BCUT2D eigenvalue weighted by Crippen LogP contribution is 2.43. The molecule has 0 bridgehead atoms. The maximum absolute atomic E-state index is 12.8. The molecule has 2 aromatic rings. The summed E-state index contributed by atoms with van der Waals surface area (Å²) < 4.78 is 39.0. The third-order valence-electron chi connectivity index (χ3n) is 10.6. The summed E-state index contributed by atoms with van der Waals surface area (Å²) in [7, 11) is -4.67. The Morgan fingerprint density at radius 3 is 1.63 bits per heavy atom. The van der Waals surface area contributed by atoms with Crippen LogP contribution < -0.4 is 10.9 Å². The van der Waals surface area contributed by atoms with Gasteiger partial charge in [0.2, 0.25) is 0 Å². The zero-order valence-corrected chi connectivity index (χ0v) is 38.0. The van der Waals surface area contributed by atoms with Crippen molar-refractivity contribution in [2.45, 2.75) is 200 Å². The van der Waals surface area contributed by atoms with E-state index in [2.05, 4.69) is 19.2 Å². The third-order valence-corrected chi connectivity index (χ3v) is 11.6. The minimum absolute atomic E-state index is 0.170. The largest absolute Gasteiger partial charge is 0.472 e. The molecule has 342 valence electrons. The Balaban J connectivity index is 1.72. The first-order valence-corrected chi connectivity index (χ1v) is 24.9. The second-order valence-electron chi connectivity index (χ2n) is 16.1. The zero-order valence-electron chi connectivity index (χ0n) is 37.1. The van der Waals surface area contributed by atoms with E-state index in [0.29, 0.717) is 23.8 Å². The summed E-state index contributed by atoms with van der Waals surface area (Å²) in [5.41, 5.74) is -0.693. The normalized spacial score (nSPS) is 12.9. The van der Waals surface area contributed by atoms with Gasteiger partial charge >= 0.3 is 25.4 Å². The number of amides is 1. The van der Waals surface area contributed by atoms with Crippen molar-refractivity contribution in [1.82, 2.24) is 5.32 Å². The van der Waals surface area contributed by atoms with Gasteiger partial charge in [-0.25, -0.2) is 9.36 Å². The van der Waals surface area contributed by atoms with E-state index >= 15 is 0 Å². The van der Waals surface area contributed by atoms with E-state index in [1.807, 2.05) is 0 Å². The fourth-order valence-corrected chi connectivity index (χ4v) is 7.80. The lowest BCUT2D eigenvalue weighted by atomic mass is 10.0. The number of hydrogen-bond donors (Lipinski definition) is 2. The van der Waals surface area contributed by atoms with E-state index in [-0.39, 0.29) is 31.6 Å². The van der Waals surface area contributed by atoms with Gasteiger partial charge in [0, 0.05) is 24.8 Å². The minimum atomic E-state index is -4.67. The maximum Gasteiger partial charge on any atom is 0.472 e. The molecule has 1 aromatic carbocycles. The topological polar surface area (TPSA) is 168 Å². The molecule has 1 aromatic heterocycles. The van der Waals surface area contributed by atoms with Crippen LogP contribution in [-0.2, 0) is 32.7 Å². The molecule has 2 atom stereocenters. The lowest BCUT2D eigenvalue weighted by Gasteiger charge is -2.20. The van der Waals surface area contributed by atoms with E-state index < -0.39 is 50.6 Å². The van der Waals surface area contributed by atoms with Gasteiger partial charge in [-0.15, -0.1) is 0 Å². The lowest BCUT2D eigenvalue weighted by Crippen LogP contribution is -2.31. The Morgan fingerprint density at radius 1 is 0.650 bits per heavy atom. The van der Waals surface area contributed by atoms with Crippen molar-refractivity contribution < 1.29 is 46.8 Å². The summed E-state index contributed by atoms with van der Waals surface area (Å²) in [6.45, 7) is 2.96. The summed E-state index contributed by atoms with van der Waals surface area (Å²) in [6, 6.07) is 8.17. The smallest absolute Gasteiger partial charge is 0.462 e. The lowest BCUT2D eigenvalue weighted by molar-refractivity contribution is -0.161. The molecule has 13 heteroatoms. The van der Waals surface area contributed by atoms with Crippen LogP contribution in [0.2, 0.25) is 0 Å². The maximum atomic E-state index is 12.8. The van der Waals surface area contributed by atoms with E-state index in [9.17, 15) is 28.6 Å². The van der Waals surface area contributed by atoms with Gasteiger partial charge in [-0.05, 0) is 25.0 Å². The average Bonchev–Trinajstić information content (AvgIpc) is 3.23. The fourth-order valence-electron chi connectivity index (χ4n) is 7.05. The molecular weight excluding hydrogens is 785 g/mol. The van der Waals surface area contributed by atoms with Gasteiger partial charge < -0.3 is 24.1 Å². The molecule has 2 rings (SSSR count). The first kappa shape index (κ1) is 53.1. The molecule has 0 saturated carbocycles. The summed E-state index contributed by atoms with van der Waals surface area (Å²) in [4.78, 5) is 60.5. The first-order valence-electron chi connectivity index (χ1n) is 23.4. The fraction of sp³-hybridized carbons (Fsp3) is 0.745. The van der Waals surface area contributed by atoms with E-state index in [0.717, 1.165) is 38.5 Å². The van der Waals surface area contributed by atoms with Gasteiger partial charge in [-0.1, -0.05) is 186 Å². The Bertz CT molecular complexity index is 1550. The third kappa shape index (κ3) is 27.0. The first-order chi connectivity index (χ1) is 29.1. The van der Waals surface area contributed by atoms with E-state index in [1.165, 1.54) is 122 Å². The Hall–Kier alpha value is -3.05. The summed E-state index contributed by atoms with van der Waals surface area (Å²) in [5.74, 6) is -1.67. The van der Waals surface area contributed by atoms with Crippen LogP contribution in [0.25, 0.3) is 11.0 Å². The molecule has 60 heavy (non-hydrogen) atoms. The summed E-state index contributed by atoms with van der Waals surface area (Å²) in [6.07, 6.45) is 30.1. The number of unbranched alkanes of at least 4 members (excludes halogenated alkanes) is 24. The predicted molar refractivity (Wildman–Crippen MR) is 238 cm³/mol. The van der Waals surface area contributed by atoms with Gasteiger partial charge in [0.25, 0.3) is 5.91 Å². The van der Waals surface area contributed by atoms with Crippen molar-refractivity contribution in [1.29, 1.82) is 0 Å². The minimum Gasteiger partial charge on any atom is -0.462 e. The number of para-hydroxylation sites is 1. The van der Waals surface area contributed by atoms with Gasteiger partial charge in [0.15, 0.2) is 6.10 Å². The standard InChI is InChI=1S/C47H78NO11P/c1-3-5-7-9-11-13-15-17-19-21-23-25-27-33-44(49)55-38-41(58-45(50)34-28-26-24-22-20-18-16-14-12-10-8-6-4-2)39-57-60(53,54)56-36-35-48-46(51)42-37-40-31-29-30-32-43(40)59-47(42)52/h29-32,37,41H,3-28,33-36,38-39H2,1-2H3,(H,48,51)(H,53,54)/t41-/m1/s1. The number of carbonyl (C=O) groups excluding carboxylic acids is 3. The van der Waals surface area contributed by atoms with Crippen LogP contribution in [-0.4, -0.2) is 55.2 Å². The number of benzene rings is 1. The number of hydrogen-bond acceptors (Lipinski definition) is 10. The molecule has 0 saturated heterocycles. The molecule has 0 aliphatic rings. The number of phosphoric acid groups is 1. The zero-order chi connectivity index (χ0) is 43.5. The molecule has 0 aliphatic heterocycles. The van der Waals surface area contributed by atoms with Crippen molar-refractivity contribution >= 4 is 36.6 Å². The highest BCUT2D eigenvalue weighted by atomic mass is 31.2. The SMILES string of the molecule is CCCCCCCCCCCCCCCC(=O)OC[C@H](COP(=O)(O)OCCNC(=O)c1cc2ccccc2oc1=O)OC(=O)CCCCCCCCCCCCCCC. The summed E-state index contributed by atoms with van der Waals surface area (Å²) in [5, 5.41) is 3.02. The van der Waals surface area contributed by atoms with Gasteiger partial charge in [0.05, 0.1) is 13.2 Å². The van der Waals surface area contributed by atoms with Crippen LogP contribution in [0, 0.1) is 0 Å². The number of phosphoric ester groups is 1. The van der Waals surface area contributed by atoms with Crippen molar-refractivity contribution in [3.63, 3.8) is 0 Å². The van der Waals surface area contributed by atoms with Crippen molar-refractivity contribution in [2.75, 3.05) is 26.4 Å². The van der Waals surface area contributed by atoms with Crippen LogP contribution in [0.5, 0.6) is 0 Å². The number of ether oxygens (including phenoxy) is 2. The van der Waals surface area contributed by atoms with Crippen LogP contribution >= 0.6 is 7.82 Å². The molecule has 0 spiro atoms. The van der Waals surface area contributed by atoms with Crippen molar-refractivity contribution in [2.24, 2.45) is 0 Å². The van der Waals surface area contributed by atoms with Crippen molar-refractivity contribution in [3.05, 3.63) is 46.3 Å². The van der Waals surface area contributed by atoms with Crippen molar-refractivity contribution in [3.8, 4) is 0 Å². The average molecular weight is 864 g/mol. The Kier molecular flexibility index (Phi) is 30.5. The van der Waals surface area contributed by atoms with Crippen LogP contribution in [0.4, 0.5) is 0 Å². The molecular formula is C47H78NO11P. The molecule has 1 heterocycles. The quantitative estimate of drug-likeness (QED) is 0.0284.